The van der Waals surface area contributed by atoms with Crippen LogP contribution in [0.4, 0.5) is 0 Å². The van der Waals surface area contributed by atoms with Gasteiger partial charge in [0.1, 0.15) is 12.9 Å². The maximum atomic E-state index is 10.5. The second-order valence-corrected chi connectivity index (χ2v) is 3.17. The lowest BCUT2D eigenvalue weighted by Crippen LogP contribution is -1.95. The average Bonchev–Trinajstić information content (AvgIpc) is 2.58. The Hall–Kier alpha value is -1.03. The lowest BCUT2D eigenvalue weighted by atomic mass is 10.2. The van der Waals surface area contributed by atoms with Crippen LogP contribution in [0, 0.1) is 0 Å². The monoisotopic (exact) mass is 200 g/mol. The molecule has 0 saturated heterocycles. The molecule has 0 amide bonds. The smallest absolute Gasteiger partial charge is 0.399 e. The zero-order valence-corrected chi connectivity index (χ0v) is 8.45. The van der Waals surface area contributed by atoms with E-state index in [0.29, 0.717) is 19.0 Å². The Bertz CT molecular complexity index is 286. The molecule has 80 valence electrons. The maximum absolute atomic E-state index is 10.5. The van der Waals surface area contributed by atoms with E-state index < -0.39 is 5.82 Å². The van der Waals surface area contributed by atoms with Gasteiger partial charge in [-0.1, -0.05) is 26.2 Å². The van der Waals surface area contributed by atoms with Crippen molar-refractivity contribution in [2.24, 2.45) is 0 Å². The molecule has 0 radical (unpaired) electrons. The first-order chi connectivity index (χ1) is 6.83. The highest BCUT2D eigenvalue weighted by Crippen LogP contribution is 2.02. The molecule has 4 heteroatoms. The van der Waals surface area contributed by atoms with Gasteiger partial charge in [-0.2, -0.15) is 0 Å². The van der Waals surface area contributed by atoms with Crippen LogP contribution >= 0.6 is 0 Å². The van der Waals surface area contributed by atoms with Gasteiger partial charge in [0.15, 0.2) is 5.76 Å². The minimum atomic E-state index is -0.672. The van der Waals surface area contributed by atoms with E-state index in [1.165, 1.54) is 25.5 Å². The molecule has 0 unspecified atom stereocenters. The van der Waals surface area contributed by atoms with E-state index in [2.05, 4.69) is 15.8 Å². The molecule has 1 aromatic rings. The van der Waals surface area contributed by atoms with Gasteiger partial charge in [0.25, 0.3) is 0 Å². The van der Waals surface area contributed by atoms with E-state index in [1.807, 2.05) is 0 Å². The van der Waals surface area contributed by atoms with Gasteiger partial charge in [0, 0.05) is 6.61 Å². The lowest BCUT2D eigenvalue weighted by molar-refractivity contribution is 0.101. The summed E-state index contributed by atoms with van der Waals surface area (Å²) in [6.45, 7) is 3.19. The molecule has 1 heterocycles. The summed E-state index contributed by atoms with van der Waals surface area (Å²) < 4.78 is 14.4. The second-order valence-electron chi connectivity index (χ2n) is 3.17. The Labute approximate surface area is 82.9 Å². The van der Waals surface area contributed by atoms with Crippen molar-refractivity contribution in [3.05, 3.63) is 22.6 Å². The van der Waals surface area contributed by atoms with Gasteiger partial charge in [-0.05, 0) is 6.42 Å². The van der Waals surface area contributed by atoms with E-state index >= 15 is 0 Å². The molecule has 0 aliphatic heterocycles. The molecule has 0 aliphatic rings. The zero-order valence-electron chi connectivity index (χ0n) is 8.45. The molecule has 0 N–H and O–H groups in total. The Balaban J connectivity index is 2.02. The van der Waals surface area contributed by atoms with Gasteiger partial charge in [0.05, 0.1) is 0 Å². The minimum absolute atomic E-state index is 0.317. The van der Waals surface area contributed by atoms with E-state index in [0.717, 1.165) is 6.42 Å². The van der Waals surface area contributed by atoms with Crippen LogP contribution in [-0.2, 0) is 11.3 Å². The summed E-state index contributed by atoms with van der Waals surface area (Å²) in [5.74, 6) is -0.222. The molecule has 0 saturated carbocycles. The number of unbranched alkanes of at least 4 members (excludes halogenated alkanes) is 3. The van der Waals surface area contributed by atoms with E-state index in [4.69, 9.17) is 4.74 Å². The van der Waals surface area contributed by atoms with Gasteiger partial charge in [-0.25, -0.2) is 4.79 Å². The predicted molar refractivity (Wildman–Crippen MR) is 51.0 cm³/mol. The topological polar surface area (TPSA) is 52.6 Å². The molecular formula is C10H16O4. The molecule has 1 rings (SSSR count). The van der Waals surface area contributed by atoms with Crippen molar-refractivity contribution in [1.29, 1.82) is 0 Å². The summed E-state index contributed by atoms with van der Waals surface area (Å²) in [6, 6.07) is 0. The summed E-state index contributed by atoms with van der Waals surface area (Å²) >= 11 is 0. The SMILES string of the molecule is CCCCCCOCc1coc(=O)o1. The van der Waals surface area contributed by atoms with E-state index in [1.54, 1.807) is 0 Å². The van der Waals surface area contributed by atoms with E-state index in [-0.39, 0.29) is 0 Å². The largest absolute Gasteiger partial charge is 0.518 e. The Morgan fingerprint density at radius 1 is 1.36 bits per heavy atom. The molecule has 0 bridgehead atoms. The van der Waals surface area contributed by atoms with Crippen molar-refractivity contribution < 1.29 is 13.6 Å². The van der Waals surface area contributed by atoms with Gasteiger partial charge < -0.3 is 13.6 Å². The quantitative estimate of drug-likeness (QED) is 0.634. The van der Waals surface area contributed by atoms with Crippen LogP contribution in [0.2, 0.25) is 0 Å². The van der Waals surface area contributed by atoms with Crippen LogP contribution in [0.3, 0.4) is 0 Å². The van der Waals surface area contributed by atoms with Gasteiger partial charge in [0.2, 0.25) is 0 Å². The summed E-state index contributed by atoms with van der Waals surface area (Å²) in [6.07, 6.45) is 5.98. The van der Waals surface area contributed by atoms with Crippen LogP contribution < -0.4 is 5.82 Å². The zero-order chi connectivity index (χ0) is 10.2. The Kier molecular flexibility index (Phi) is 5.07. The Morgan fingerprint density at radius 2 is 2.21 bits per heavy atom. The molecule has 14 heavy (non-hydrogen) atoms. The highest BCUT2D eigenvalue weighted by Gasteiger charge is 2.00. The van der Waals surface area contributed by atoms with Crippen LogP contribution in [0.25, 0.3) is 0 Å². The van der Waals surface area contributed by atoms with Crippen molar-refractivity contribution in [3.8, 4) is 0 Å². The molecule has 1 aromatic heterocycles. The standard InChI is InChI=1S/C10H16O4/c1-2-3-4-5-6-12-7-9-8-13-10(11)14-9/h8H,2-7H2,1H3. The maximum Gasteiger partial charge on any atom is 0.518 e. The van der Waals surface area contributed by atoms with Crippen LogP contribution in [0.15, 0.2) is 19.9 Å². The first-order valence-electron chi connectivity index (χ1n) is 4.98. The molecular weight excluding hydrogens is 184 g/mol. The predicted octanol–water partition coefficient (Wildman–Crippen LogP) is 2.33. The van der Waals surface area contributed by atoms with Crippen molar-refractivity contribution in [2.45, 2.75) is 39.2 Å². The van der Waals surface area contributed by atoms with Gasteiger partial charge in [-0.3, -0.25) is 0 Å². The minimum Gasteiger partial charge on any atom is -0.399 e. The summed E-state index contributed by atoms with van der Waals surface area (Å²) in [5.41, 5.74) is 0. The lowest BCUT2D eigenvalue weighted by Gasteiger charge is -2.00. The van der Waals surface area contributed by atoms with Crippen LogP contribution in [-0.4, -0.2) is 6.61 Å². The fourth-order valence-electron chi connectivity index (χ4n) is 1.14. The molecule has 0 spiro atoms. The number of ether oxygens (including phenoxy) is 1. The van der Waals surface area contributed by atoms with Crippen molar-refractivity contribution >= 4 is 0 Å². The third-order valence-electron chi connectivity index (χ3n) is 1.89. The second kappa shape index (κ2) is 6.43. The normalized spacial score (nSPS) is 10.6. The van der Waals surface area contributed by atoms with Gasteiger partial charge in [-0.15, -0.1) is 0 Å². The number of hydrogen-bond donors (Lipinski definition) is 0. The highest BCUT2D eigenvalue weighted by atomic mass is 16.6. The van der Waals surface area contributed by atoms with Crippen LogP contribution in [0.1, 0.15) is 38.4 Å². The van der Waals surface area contributed by atoms with Crippen molar-refractivity contribution in [2.75, 3.05) is 6.61 Å². The van der Waals surface area contributed by atoms with E-state index in [9.17, 15) is 4.79 Å². The summed E-state index contributed by atoms with van der Waals surface area (Å²) in [5, 5.41) is 0. The molecule has 0 fully saturated rings. The average molecular weight is 200 g/mol. The number of rotatable bonds is 7. The Morgan fingerprint density at radius 3 is 2.86 bits per heavy atom. The third-order valence-corrected chi connectivity index (χ3v) is 1.89. The fraction of sp³-hybridized carbons (Fsp3) is 0.700. The fourth-order valence-corrected chi connectivity index (χ4v) is 1.14. The third kappa shape index (κ3) is 4.28. The number of hydrogen-bond acceptors (Lipinski definition) is 4. The molecule has 0 atom stereocenters. The van der Waals surface area contributed by atoms with Crippen LogP contribution in [0.5, 0.6) is 0 Å². The van der Waals surface area contributed by atoms with Crippen molar-refractivity contribution in [3.63, 3.8) is 0 Å². The van der Waals surface area contributed by atoms with Gasteiger partial charge >= 0.3 is 5.82 Å². The first-order valence-corrected chi connectivity index (χ1v) is 4.98. The van der Waals surface area contributed by atoms with Crippen molar-refractivity contribution in [1.82, 2.24) is 0 Å². The molecule has 0 aliphatic carbocycles. The first kappa shape index (κ1) is 11.0. The molecule has 0 aromatic carbocycles. The highest BCUT2D eigenvalue weighted by molar-refractivity contribution is 4.81. The summed E-state index contributed by atoms with van der Waals surface area (Å²) in [4.78, 5) is 10.5. The summed E-state index contributed by atoms with van der Waals surface area (Å²) in [7, 11) is 0. The molecule has 4 nitrogen and oxygen atoms in total.